The van der Waals surface area contributed by atoms with Crippen molar-refractivity contribution in [2.75, 3.05) is 24.7 Å². The van der Waals surface area contributed by atoms with Crippen LogP contribution in [0.25, 0.3) is 22.6 Å². The van der Waals surface area contributed by atoms with Crippen LogP contribution in [0.1, 0.15) is 26.7 Å². The van der Waals surface area contributed by atoms with Crippen molar-refractivity contribution in [2.24, 2.45) is 0 Å². The number of aromatic nitrogens is 4. The number of hydrogen-bond acceptors (Lipinski definition) is 7. The Balaban J connectivity index is 1.71. The van der Waals surface area contributed by atoms with Gasteiger partial charge in [0.2, 0.25) is 0 Å². The predicted octanol–water partition coefficient (Wildman–Crippen LogP) is 1.20. The molecule has 1 atom stereocenters. The molecule has 0 saturated carbocycles. The van der Waals surface area contributed by atoms with Crippen molar-refractivity contribution >= 4 is 29.6 Å². The van der Waals surface area contributed by atoms with Crippen molar-refractivity contribution in [3.05, 3.63) is 30.6 Å². The van der Waals surface area contributed by atoms with Crippen molar-refractivity contribution in [3.63, 3.8) is 0 Å². The summed E-state index contributed by atoms with van der Waals surface area (Å²) in [4.78, 5) is 16.1. The summed E-state index contributed by atoms with van der Waals surface area (Å²) in [5, 5.41) is 18.9. The van der Waals surface area contributed by atoms with Gasteiger partial charge in [-0.15, -0.1) is 0 Å². The number of fused-ring (bicyclic) bond motifs is 1. The van der Waals surface area contributed by atoms with Crippen LogP contribution in [0, 0.1) is 0 Å². The topological polar surface area (TPSA) is 96.5 Å². The van der Waals surface area contributed by atoms with Gasteiger partial charge in [0, 0.05) is 49.2 Å². The molecule has 4 heterocycles. The van der Waals surface area contributed by atoms with Crippen molar-refractivity contribution in [3.8, 4) is 11.4 Å². The molecule has 1 aliphatic heterocycles. The van der Waals surface area contributed by atoms with E-state index in [1.165, 1.54) is 19.0 Å². The van der Waals surface area contributed by atoms with Crippen LogP contribution in [0.3, 0.4) is 0 Å². The molecule has 1 unspecified atom stereocenters. The summed E-state index contributed by atoms with van der Waals surface area (Å²) in [6, 6.07) is 6.24. The smallest absolute Gasteiger partial charge is 0.423 e. The minimum absolute atomic E-state index is 0.315. The quantitative estimate of drug-likeness (QED) is 0.458. The van der Waals surface area contributed by atoms with Gasteiger partial charge in [0.1, 0.15) is 17.2 Å². The number of nitrogens with zero attached hydrogens (tertiary/aromatic N) is 5. The number of ether oxygens (including phenoxy) is 1. The van der Waals surface area contributed by atoms with Crippen LogP contribution in [-0.4, -0.2) is 62.5 Å². The zero-order valence-electron chi connectivity index (χ0n) is 16.8. The molecule has 0 spiro atoms. The van der Waals surface area contributed by atoms with E-state index in [2.05, 4.69) is 21.8 Å². The highest BCUT2D eigenvalue weighted by Gasteiger charge is 2.22. The highest BCUT2D eigenvalue weighted by atomic mass is 16.5. The van der Waals surface area contributed by atoms with Gasteiger partial charge in [-0.2, -0.15) is 0 Å². The lowest BCUT2D eigenvalue weighted by molar-refractivity contribution is 0.140. The second-order valence-electron chi connectivity index (χ2n) is 7.36. The fourth-order valence-corrected chi connectivity index (χ4v) is 3.86. The van der Waals surface area contributed by atoms with Crippen molar-refractivity contribution in [1.29, 1.82) is 0 Å². The lowest BCUT2D eigenvalue weighted by Crippen LogP contribution is -2.30. The van der Waals surface area contributed by atoms with Gasteiger partial charge in [0.25, 0.3) is 0 Å². The van der Waals surface area contributed by atoms with E-state index in [1.807, 2.05) is 29.8 Å². The van der Waals surface area contributed by atoms with Crippen LogP contribution in [-0.2, 0) is 11.3 Å². The molecule has 29 heavy (non-hydrogen) atoms. The summed E-state index contributed by atoms with van der Waals surface area (Å²) in [6.45, 7) is 7.00. The Kier molecular flexibility index (Phi) is 5.80. The largest absolute Gasteiger partial charge is 0.490 e. The lowest BCUT2D eigenvalue weighted by Gasteiger charge is -2.22. The Morgan fingerprint density at radius 2 is 2.10 bits per heavy atom. The van der Waals surface area contributed by atoms with E-state index in [4.69, 9.17) is 9.72 Å². The predicted molar refractivity (Wildman–Crippen MR) is 113 cm³/mol. The Hall–Kier alpha value is -2.49. The van der Waals surface area contributed by atoms with Crippen LogP contribution < -0.4 is 10.4 Å². The van der Waals surface area contributed by atoms with Gasteiger partial charge in [0.15, 0.2) is 5.65 Å². The Morgan fingerprint density at radius 3 is 2.76 bits per heavy atom. The monoisotopic (exact) mass is 395 g/mol. The first-order chi connectivity index (χ1) is 14.1. The van der Waals surface area contributed by atoms with Gasteiger partial charge < -0.3 is 24.3 Å². The first kappa shape index (κ1) is 19.8. The van der Waals surface area contributed by atoms with Crippen LogP contribution in [0.2, 0.25) is 0 Å². The van der Waals surface area contributed by atoms with Crippen molar-refractivity contribution in [2.45, 2.75) is 39.3 Å². The third-order valence-electron chi connectivity index (χ3n) is 5.42. The van der Waals surface area contributed by atoms with E-state index >= 15 is 0 Å². The van der Waals surface area contributed by atoms with E-state index in [0.717, 1.165) is 23.8 Å². The molecule has 4 rings (SSSR count). The van der Waals surface area contributed by atoms with Gasteiger partial charge in [0.05, 0.1) is 6.61 Å². The fraction of sp³-hybridized carbons (Fsp3) is 0.450. The van der Waals surface area contributed by atoms with Crippen molar-refractivity contribution < 1.29 is 14.8 Å². The number of rotatable bonds is 7. The summed E-state index contributed by atoms with van der Waals surface area (Å²) in [5.41, 5.74) is 2.50. The molecule has 0 radical (unpaired) electrons. The first-order valence-electron chi connectivity index (χ1n) is 10.1. The molecule has 0 aromatic carbocycles. The molecule has 2 N–H and O–H groups in total. The third-order valence-corrected chi connectivity index (χ3v) is 5.42. The van der Waals surface area contributed by atoms with Gasteiger partial charge in [-0.1, -0.05) is 0 Å². The highest BCUT2D eigenvalue weighted by molar-refractivity contribution is 6.58. The van der Waals surface area contributed by atoms with Crippen LogP contribution in [0.4, 0.5) is 5.82 Å². The SMILES string of the molecule is CCOCCn1c(-c2ccc(N3CCCC3C)nc2)nc2cc(B(O)O)cnc21. The lowest BCUT2D eigenvalue weighted by atomic mass is 9.82. The molecule has 0 bridgehead atoms. The number of imidazole rings is 1. The van der Waals surface area contributed by atoms with Gasteiger partial charge in [-0.3, -0.25) is 0 Å². The van der Waals surface area contributed by atoms with E-state index in [1.54, 1.807) is 6.07 Å². The average Bonchev–Trinajstić information content (AvgIpc) is 3.31. The van der Waals surface area contributed by atoms with E-state index in [9.17, 15) is 10.0 Å². The molecule has 1 fully saturated rings. The average molecular weight is 395 g/mol. The van der Waals surface area contributed by atoms with Crippen LogP contribution in [0.15, 0.2) is 30.6 Å². The maximum atomic E-state index is 9.45. The zero-order valence-corrected chi connectivity index (χ0v) is 16.8. The number of anilines is 1. The minimum Gasteiger partial charge on any atom is -0.423 e. The maximum absolute atomic E-state index is 9.45. The second kappa shape index (κ2) is 8.48. The summed E-state index contributed by atoms with van der Waals surface area (Å²) >= 11 is 0. The Morgan fingerprint density at radius 1 is 1.24 bits per heavy atom. The van der Waals surface area contributed by atoms with Gasteiger partial charge in [-0.05, 0) is 44.9 Å². The highest BCUT2D eigenvalue weighted by Crippen LogP contribution is 2.27. The van der Waals surface area contributed by atoms with Crippen molar-refractivity contribution in [1.82, 2.24) is 19.5 Å². The minimum atomic E-state index is -1.58. The number of pyridine rings is 2. The van der Waals surface area contributed by atoms with Gasteiger partial charge >= 0.3 is 7.12 Å². The van der Waals surface area contributed by atoms with Gasteiger partial charge in [-0.25, -0.2) is 15.0 Å². The molecule has 9 heteroatoms. The Bertz CT molecular complexity index is 976. The molecular formula is C20H26BN5O3. The first-order valence-corrected chi connectivity index (χ1v) is 10.1. The zero-order chi connectivity index (χ0) is 20.4. The molecule has 0 aliphatic carbocycles. The second-order valence-corrected chi connectivity index (χ2v) is 7.36. The summed E-state index contributed by atoms with van der Waals surface area (Å²) < 4.78 is 7.52. The third kappa shape index (κ3) is 3.98. The molecule has 0 amide bonds. The molecule has 152 valence electrons. The molecular weight excluding hydrogens is 369 g/mol. The standard InChI is InChI=1S/C20H26BN5O3/c1-3-29-10-9-26-19(24-17-11-16(21(27)28)13-23-20(17)26)15-6-7-18(22-12-15)25-8-4-5-14(25)2/h6-7,11-14,27-28H,3-5,8-10H2,1-2H3. The molecule has 3 aromatic heterocycles. The van der Waals surface area contributed by atoms with E-state index < -0.39 is 7.12 Å². The molecule has 1 aliphatic rings. The summed E-state index contributed by atoms with van der Waals surface area (Å²) in [6.07, 6.45) is 5.70. The molecule has 1 saturated heterocycles. The normalized spacial score (nSPS) is 16.7. The molecule has 8 nitrogen and oxygen atoms in total. The van der Waals surface area contributed by atoms with Crippen LogP contribution >= 0.6 is 0 Å². The summed E-state index contributed by atoms with van der Waals surface area (Å²) in [5.74, 6) is 1.73. The fourth-order valence-electron chi connectivity index (χ4n) is 3.86. The maximum Gasteiger partial charge on any atom is 0.490 e. The van der Waals surface area contributed by atoms with E-state index in [-0.39, 0.29) is 0 Å². The van der Waals surface area contributed by atoms with E-state index in [0.29, 0.717) is 42.4 Å². The number of hydrogen-bond donors (Lipinski definition) is 2. The summed E-state index contributed by atoms with van der Waals surface area (Å²) in [7, 11) is -1.58. The molecule has 3 aromatic rings. The van der Waals surface area contributed by atoms with Crippen LogP contribution in [0.5, 0.6) is 0 Å². The Labute approximate surface area is 170 Å².